The molecule has 0 aliphatic rings. The van der Waals surface area contributed by atoms with E-state index >= 15 is 0 Å². The zero-order valence-electron chi connectivity index (χ0n) is 7.52. The highest BCUT2D eigenvalue weighted by atomic mass is 35.5. The van der Waals surface area contributed by atoms with Crippen molar-refractivity contribution < 1.29 is 0 Å². The van der Waals surface area contributed by atoms with Crippen molar-refractivity contribution in [1.82, 2.24) is 4.98 Å². The second-order valence-corrected chi connectivity index (χ2v) is 4.83. The van der Waals surface area contributed by atoms with Gasteiger partial charge in [-0.1, -0.05) is 29.3 Å². The number of hydrogen-bond acceptors (Lipinski definition) is 3. The molecule has 0 aliphatic carbocycles. The Bertz CT molecular complexity index is 494. The van der Waals surface area contributed by atoms with Crippen LogP contribution in [0.1, 0.15) is 4.88 Å². The van der Waals surface area contributed by atoms with Gasteiger partial charge in [0.05, 0.1) is 10.6 Å². The predicted octanol–water partition coefficient (Wildman–Crippen LogP) is 4.20. The van der Waals surface area contributed by atoms with Crippen LogP contribution in [0.3, 0.4) is 0 Å². The van der Waals surface area contributed by atoms with Gasteiger partial charge in [-0.15, -0.1) is 11.3 Å². The third kappa shape index (κ3) is 3.02. The Labute approximate surface area is 101 Å². The first-order valence-electron chi connectivity index (χ1n) is 4.15. The second-order valence-electron chi connectivity index (χ2n) is 2.75. The van der Waals surface area contributed by atoms with E-state index in [1.807, 2.05) is 18.2 Å². The Hall–Kier alpha value is -0.900. The molecular weight excluding hydrogens is 251 g/mol. The predicted molar refractivity (Wildman–Crippen MR) is 65.8 cm³/mol. The highest BCUT2D eigenvalue weighted by Crippen LogP contribution is 2.19. The fourth-order valence-corrected chi connectivity index (χ4v) is 2.03. The van der Waals surface area contributed by atoms with Gasteiger partial charge in [0.1, 0.15) is 0 Å². The summed E-state index contributed by atoms with van der Waals surface area (Å²) in [6.07, 6.45) is 3.40. The van der Waals surface area contributed by atoms with Crippen molar-refractivity contribution in [2.75, 3.05) is 0 Å². The molecule has 0 unspecified atom stereocenters. The standard InChI is InChI=1S/C10H6Cl2N2S/c11-7-2-1-3-8(4-7)13-5-9-6-14-10(12)15-9/h1-6H. The minimum absolute atomic E-state index is 0.516. The summed E-state index contributed by atoms with van der Waals surface area (Å²) in [7, 11) is 0. The maximum absolute atomic E-state index is 5.83. The molecule has 0 amide bonds. The molecule has 2 rings (SSSR count). The SMILES string of the molecule is Clc1cccc(N=Cc2cnc(Cl)s2)c1. The molecule has 0 fully saturated rings. The molecule has 0 N–H and O–H groups in total. The highest BCUT2D eigenvalue weighted by molar-refractivity contribution is 7.17. The number of halogens is 2. The highest BCUT2D eigenvalue weighted by Gasteiger charge is 1.95. The van der Waals surface area contributed by atoms with Crippen LogP contribution in [0.15, 0.2) is 35.5 Å². The summed E-state index contributed by atoms with van der Waals surface area (Å²) in [6.45, 7) is 0. The van der Waals surface area contributed by atoms with Crippen molar-refractivity contribution in [3.8, 4) is 0 Å². The van der Waals surface area contributed by atoms with E-state index in [-0.39, 0.29) is 0 Å². The van der Waals surface area contributed by atoms with Crippen LogP contribution in [-0.4, -0.2) is 11.2 Å². The number of aromatic nitrogens is 1. The number of rotatable bonds is 2. The molecule has 0 aliphatic heterocycles. The normalized spacial score (nSPS) is 11.1. The van der Waals surface area contributed by atoms with E-state index in [9.17, 15) is 0 Å². The van der Waals surface area contributed by atoms with Crippen LogP contribution in [0.5, 0.6) is 0 Å². The molecule has 1 aromatic carbocycles. The largest absolute Gasteiger partial charge is 0.255 e. The Morgan fingerprint density at radius 2 is 2.20 bits per heavy atom. The van der Waals surface area contributed by atoms with E-state index in [1.165, 1.54) is 11.3 Å². The summed E-state index contributed by atoms with van der Waals surface area (Å²) in [5.41, 5.74) is 0.812. The molecule has 0 spiro atoms. The first-order chi connectivity index (χ1) is 7.24. The fraction of sp³-hybridized carbons (Fsp3) is 0. The third-order valence-electron chi connectivity index (χ3n) is 1.64. The number of aliphatic imine (C=N–C) groups is 1. The first-order valence-corrected chi connectivity index (χ1v) is 5.72. The second kappa shape index (κ2) is 4.75. The summed E-state index contributed by atoms with van der Waals surface area (Å²) in [5.74, 6) is 0. The van der Waals surface area contributed by atoms with Crippen molar-refractivity contribution in [2.24, 2.45) is 4.99 Å². The monoisotopic (exact) mass is 256 g/mol. The molecule has 2 nitrogen and oxygen atoms in total. The smallest absolute Gasteiger partial charge is 0.184 e. The van der Waals surface area contributed by atoms with E-state index < -0.39 is 0 Å². The maximum Gasteiger partial charge on any atom is 0.184 e. The van der Waals surface area contributed by atoms with Crippen LogP contribution in [0.2, 0.25) is 9.49 Å². The molecule has 15 heavy (non-hydrogen) atoms. The van der Waals surface area contributed by atoms with Gasteiger partial charge >= 0.3 is 0 Å². The fourth-order valence-electron chi connectivity index (χ4n) is 1.02. The van der Waals surface area contributed by atoms with E-state index in [1.54, 1.807) is 18.5 Å². The van der Waals surface area contributed by atoms with Crippen LogP contribution in [0, 0.1) is 0 Å². The number of thiazole rings is 1. The van der Waals surface area contributed by atoms with Gasteiger partial charge in [-0.25, -0.2) is 4.98 Å². The molecule has 0 saturated carbocycles. The average Bonchev–Trinajstić information content (AvgIpc) is 2.62. The summed E-state index contributed by atoms with van der Waals surface area (Å²) >= 11 is 12.9. The van der Waals surface area contributed by atoms with Crippen LogP contribution >= 0.6 is 34.5 Å². The van der Waals surface area contributed by atoms with Gasteiger partial charge in [-0.3, -0.25) is 4.99 Å². The first kappa shape index (κ1) is 10.6. The van der Waals surface area contributed by atoms with Gasteiger partial charge in [0.2, 0.25) is 0 Å². The molecule has 0 radical (unpaired) electrons. The van der Waals surface area contributed by atoms with Crippen LogP contribution in [0.25, 0.3) is 0 Å². The summed E-state index contributed by atoms with van der Waals surface area (Å²) in [6, 6.07) is 7.34. The molecule has 0 atom stereocenters. The summed E-state index contributed by atoms with van der Waals surface area (Å²) in [5, 5.41) is 0.673. The van der Waals surface area contributed by atoms with Crippen molar-refractivity contribution in [2.45, 2.75) is 0 Å². The van der Waals surface area contributed by atoms with Gasteiger partial charge in [-0.2, -0.15) is 0 Å². The average molecular weight is 257 g/mol. The molecular formula is C10H6Cl2N2S. The number of hydrogen-bond donors (Lipinski definition) is 0. The molecule has 0 bridgehead atoms. The molecule has 1 aromatic heterocycles. The minimum atomic E-state index is 0.516. The molecule has 2 aromatic rings. The number of benzene rings is 1. The van der Waals surface area contributed by atoms with Crippen molar-refractivity contribution in [1.29, 1.82) is 0 Å². The topological polar surface area (TPSA) is 25.2 Å². The van der Waals surface area contributed by atoms with Gasteiger partial charge in [0.15, 0.2) is 4.47 Å². The quantitative estimate of drug-likeness (QED) is 0.740. The van der Waals surface area contributed by atoms with Crippen LogP contribution < -0.4 is 0 Å². The van der Waals surface area contributed by atoms with Crippen LogP contribution in [-0.2, 0) is 0 Å². The van der Waals surface area contributed by atoms with Crippen molar-refractivity contribution in [3.05, 3.63) is 44.8 Å². The van der Waals surface area contributed by atoms with Crippen molar-refractivity contribution >= 4 is 46.4 Å². The van der Waals surface area contributed by atoms with E-state index in [2.05, 4.69) is 9.98 Å². The van der Waals surface area contributed by atoms with Crippen LogP contribution in [0.4, 0.5) is 5.69 Å². The lowest BCUT2D eigenvalue weighted by molar-refractivity contribution is 1.42. The van der Waals surface area contributed by atoms with E-state index in [0.717, 1.165) is 10.6 Å². The lowest BCUT2D eigenvalue weighted by atomic mass is 10.3. The Morgan fingerprint density at radius 3 is 2.87 bits per heavy atom. The van der Waals surface area contributed by atoms with E-state index in [0.29, 0.717) is 9.49 Å². The molecule has 1 heterocycles. The van der Waals surface area contributed by atoms with E-state index in [4.69, 9.17) is 23.2 Å². The van der Waals surface area contributed by atoms with Gasteiger partial charge in [0.25, 0.3) is 0 Å². The Balaban J connectivity index is 2.18. The third-order valence-corrected chi connectivity index (χ3v) is 2.93. The molecule has 5 heteroatoms. The van der Waals surface area contributed by atoms with Gasteiger partial charge in [-0.05, 0) is 18.2 Å². The van der Waals surface area contributed by atoms with Gasteiger partial charge < -0.3 is 0 Å². The summed E-state index contributed by atoms with van der Waals surface area (Å²) < 4.78 is 0.516. The minimum Gasteiger partial charge on any atom is -0.255 e. The Kier molecular flexibility index (Phi) is 3.36. The summed E-state index contributed by atoms with van der Waals surface area (Å²) in [4.78, 5) is 9.08. The van der Waals surface area contributed by atoms with Gasteiger partial charge in [0, 0.05) is 17.4 Å². The Morgan fingerprint density at radius 1 is 1.33 bits per heavy atom. The molecule has 0 saturated heterocycles. The molecule has 76 valence electrons. The maximum atomic E-state index is 5.83. The lowest BCUT2D eigenvalue weighted by Gasteiger charge is -1.92. The zero-order chi connectivity index (χ0) is 10.7. The lowest BCUT2D eigenvalue weighted by Crippen LogP contribution is -1.72. The van der Waals surface area contributed by atoms with Crippen molar-refractivity contribution in [3.63, 3.8) is 0 Å². The number of nitrogens with zero attached hydrogens (tertiary/aromatic N) is 2. The zero-order valence-corrected chi connectivity index (χ0v) is 9.85.